The summed E-state index contributed by atoms with van der Waals surface area (Å²) in [7, 11) is 3.09. The molecule has 0 bridgehead atoms. The van der Waals surface area contributed by atoms with Crippen LogP contribution < -0.4 is 19.7 Å². The lowest BCUT2D eigenvalue weighted by Gasteiger charge is -2.16. The summed E-state index contributed by atoms with van der Waals surface area (Å²) in [6, 6.07) is 22.6. The molecule has 2 N–H and O–H groups in total. The lowest BCUT2D eigenvalue weighted by atomic mass is 10.1. The molecule has 9 nitrogen and oxygen atoms in total. The molecular formula is C30H30N2O7. The summed E-state index contributed by atoms with van der Waals surface area (Å²) in [6.07, 6.45) is 1.41. The number of methoxy groups -OCH3 is 2. The van der Waals surface area contributed by atoms with Crippen molar-refractivity contribution in [2.45, 2.75) is 26.6 Å². The minimum atomic E-state index is -0.938. The normalized spacial score (nSPS) is 11.2. The highest BCUT2D eigenvalue weighted by atomic mass is 16.6. The first kappa shape index (κ1) is 27.3. The van der Waals surface area contributed by atoms with Crippen LogP contribution in [0.1, 0.15) is 29.0 Å². The highest BCUT2D eigenvalue weighted by molar-refractivity contribution is 5.73. The Hall–Kier alpha value is -4.76. The number of oxazole rings is 1. The molecule has 0 radical (unpaired) electrons. The highest BCUT2D eigenvalue weighted by Crippen LogP contribution is 2.39. The molecule has 9 heteroatoms. The molecule has 0 fully saturated rings. The van der Waals surface area contributed by atoms with E-state index in [-0.39, 0.29) is 19.6 Å². The van der Waals surface area contributed by atoms with Crippen LogP contribution in [0.4, 0.5) is 0 Å². The third-order valence-corrected chi connectivity index (χ3v) is 5.77. The Labute approximate surface area is 226 Å². The molecule has 0 unspecified atom stereocenters. The summed E-state index contributed by atoms with van der Waals surface area (Å²) in [5, 5.41) is 9.08. The summed E-state index contributed by atoms with van der Waals surface area (Å²) in [5.41, 5.74) is 6.51. The number of hydrogen-bond acceptors (Lipinski definition) is 8. The summed E-state index contributed by atoms with van der Waals surface area (Å²) >= 11 is 0. The molecule has 0 saturated carbocycles. The second-order valence-electron chi connectivity index (χ2n) is 8.48. The molecule has 0 saturated heterocycles. The van der Waals surface area contributed by atoms with Gasteiger partial charge in [0, 0.05) is 5.56 Å². The lowest BCUT2D eigenvalue weighted by Crippen LogP contribution is -2.14. The van der Waals surface area contributed by atoms with Gasteiger partial charge in [0.25, 0.3) is 0 Å². The molecule has 4 aromatic rings. The fraction of sp³-hybridized carbons (Fsp3) is 0.200. The van der Waals surface area contributed by atoms with Crippen molar-refractivity contribution >= 4 is 11.7 Å². The van der Waals surface area contributed by atoms with Gasteiger partial charge in [0.15, 0.2) is 11.5 Å². The van der Waals surface area contributed by atoms with E-state index in [0.29, 0.717) is 40.3 Å². The van der Waals surface area contributed by atoms with Gasteiger partial charge in [-0.15, -0.1) is 0 Å². The maximum atomic E-state index is 11.1. The fourth-order valence-corrected chi connectivity index (χ4v) is 3.79. The molecule has 4 rings (SSSR count). The predicted octanol–water partition coefficient (Wildman–Crippen LogP) is 5.78. The second-order valence-corrected chi connectivity index (χ2v) is 8.48. The van der Waals surface area contributed by atoms with Crippen LogP contribution in [0.3, 0.4) is 0 Å². The van der Waals surface area contributed by atoms with Crippen molar-refractivity contribution in [3.8, 4) is 28.7 Å². The van der Waals surface area contributed by atoms with Crippen molar-refractivity contribution in [2.75, 3.05) is 14.2 Å². The molecular weight excluding hydrogens is 500 g/mol. The Kier molecular flexibility index (Phi) is 9.20. The zero-order valence-corrected chi connectivity index (χ0v) is 22.0. The second kappa shape index (κ2) is 13.2. The number of rotatable bonds is 13. The first-order valence-electron chi connectivity index (χ1n) is 12.2. The van der Waals surface area contributed by atoms with Crippen LogP contribution in [-0.2, 0) is 22.8 Å². The maximum Gasteiger partial charge on any atom is 0.307 e. The Morgan fingerprint density at radius 2 is 1.62 bits per heavy atom. The van der Waals surface area contributed by atoms with Gasteiger partial charge < -0.3 is 23.7 Å². The van der Waals surface area contributed by atoms with E-state index in [9.17, 15) is 4.79 Å². The molecule has 202 valence electrons. The Balaban J connectivity index is 1.46. The van der Waals surface area contributed by atoms with Crippen molar-refractivity contribution < 1.29 is 33.4 Å². The van der Waals surface area contributed by atoms with Crippen molar-refractivity contribution in [3.63, 3.8) is 0 Å². The standard InChI is InChI=1S/C30H30N2O7/c1-20-25(31-30(39-20)23-12-8-5-9-13-23)19-37-29-26(35-2)16-21(17-27(29)36-3)18-38-32-24(14-15-28(33)34)22-10-6-4-7-11-22/h4-14,16-17,32H,15,18-19H2,1-3H3,(H,33,34). The molecule has 0 aliphatic carbocycles. The summed E-state index contributed by atoms with van der Waals surface area (Å²) in [5.74, 6) is 1.59. The maximum absolute atomic E-state index is 11.1. The van der Waals surface area contributed by atoms with Crippen LogP contribution in [-0.4, -0.2) is 30.3 Å². The number of aryl methyl sites for hydroxylation is 1. The minimum Gasteiger partial charge on any atom is -0.493 e. The van der Waals surface area contributed by atoms with E-state index in [0.717, 1.165) is 16.7 Å². The number of hydrogen-bond donors (Lipinski definition) is 2. The van der Waals surface area contributed by atoms with E-state index in [1.807, 2.05) is 67.6 Å². The Bertz CT molecular complexity index is 1390. The first-order valence-corrected chi connectivity index (χ1v) is 12.2. The molecule has 0 atom stereocenters. The number of carbonyl (C=O) groups is 1. The molecule has 1 aromatic heterocycles. The first-order chi connectivity index (χ1) is 19.0. The molecule has 0 aliphatic rings. The van der Waals surface area contributed by atoms with E-state index in [1.54, 1.807) is 32.4 Å². The van der Waals surface area contributed by atoms with Gasteiger partial charge in [0.2, 0.25) is 11.6 Å². The number of aliphatic carboxylic acids is 1. The molecule has 3 aromatic carbocycles. The topological polar surface area (TPSA) is 112 Å². The fourth-order valence-electron chi connectivity index (χ4n) is 3.79. The number of carboxylic acid groups (broad SMARTS) is 1. The van der Waals surface area contributed by atoms with E-state index in [4.69, 9.17) is 28.6 Å². The average molecular weight is 531 g/mol. The number of ether oxygens (including phenoxy) is 3. The van der Waals surface area contributed by atoms with Crippen molar-refractivity contribution in [1.29, 1.82) is 0 Å². The number of nitrogens with one attached hydrogen (secondary N) is 1. The SMILES string of the molecule is COc1cc(CONC(=CCC(=O)O)c2ccccc2)cc(OC)c1OCc1nc(-c2ccccc2)oc1C. The summed E-state index contributed by atoms with van der Waals surface area (Å²) < 4.78 is 23.1. The van der Waals surface area contributed by atoms with Crippen LogP contribution in [0.5, 0.6) is 17.2 Å². The Morgan fingerprint density at radius 3 is 2.23 bits per heavy atom. The van der Waals surface area contributed by atoms with Crippen LogP contribution in [0.2, 0.25) is 0 Å². The summed E-state index contributed by atoms with van der Waals surface area (Å²) in [6.45, 7) is 2.14. The third-order valence-electron chi connectivity index (χ3n) is 5.77. The van der Waals surface area contributed by atoms with E-state index in [1.165, 1.54) is 0 Å². The smallest absolute Gasteiger partial charge is 0.307 e. The van der Waals surface area contributed by atoms with Gasteiger partial charge in [-0.1, -0.05) is 48.5 Å². The highest BCUT2D eigenvalue weighted by Gasteiger charge is 2.18. The van der Waals surface area contributed by atoms with Gasteiger partial charge in [-0.25, -0.2) is 4.98 Å². The predicted molar refractivity (Wildman–Crippen MR) is 145 cm³/mol. The average Bonchev–Trinajstić information content (AvgIpc) is 3.34. The number of carboxylic acids is 1. The molecule has 1 heterocycles. The number of nitrogens with zero attached hydrogens (tertiary/aromatic N) is 1. The van der Waals surface area contributed by atoms with E-state index in [2.05, 4.69) is 10.5 Å². The van der Waals surface area contributed by atoms with Crippen molar-refractivity contribution in [1.82, 2.24) is 10.5 Å². The third kappa shape index (κ3) is 7.18. The van der Waals surface area contributed by atoms with E-state index >= 15 is 0 Å². The van der Waals surface area contributed by atoms with Crippen LogP contribution >= 0.6 is 0 Å². The zero-order chi connectivity index (χ0) is 27.6. The number of hydroxylamine groups is 1. The summed E-state index contributed by atoms with van der Waals surface area (Å²) in [4.78, 5) is 21.4. The number of benzene rings is 3. The van der Waals surface area contributed by atoms with Gasteiger partial charge in [-0.2, -0.15) is 0 Å². The van der Waals surface area contributed by atoms with Gasteiger partial charge in [0.1, 0.15) is 18.1 Å². The van der Waals surface area contributed by atoms with Crippen molar-refractivity contribution in [2.24, 2.45) is 0 Å². The molecule has 0 amide bonds. The van der Waals surface area contributed by atoms with Crippen molar-refractivity contribution in [3.05, 3.63) is 101 Å². The molecule has 0 aliphatic heterocycles. The van der Waals surface area contributed by atoms with Crippen LogP contribution in [0.25, 0.3) is 17.2 Å². The lowest BCUT2D eigenvalue weighted by molar-refractivity contribution is -0.136. The Morgan fingerprint density at radius 1 is 0.974 bits per heavy atom. The largest absolute Gasteiger partial charge is 0.493 e. The van der Waals surface area contributed by atoms with Gasteiger partial charge in [-0.3, -0.25) is 15.1 Å². The van der Waals surface area contributed by atoms with E-state index < -0.39 is 5.97 Å². The van der Waals surface area contributed by atoms with Gasteiger partial charge in [-0.05, 0) is 48.4 Å². The minimum absolute atomic E-state index is 0.146. The van der Waals surface area contributed by atoms with Crippen LogP contribution in [0, 0.1) is 6.92 Å². The monoisotopic (exact) mass is 530 g/mol. The molecule has 39 heavy (non-hydrogen) atoms. The molecule has 0 spiro atoms. The quantitative estimate of drug-likeness (QED) is 0.208. The van der Waals surface area contributed by atoms with Crippen LogP contribution in [0.15, 0.2) is 83.3 Å². The number of aromatic nitrogens is 1. The van der Waals surface area contributed by atoms with Gasteiger partial charge in [0.05, 0.1) is 32.9 Å². The zero-order valence-electron chi connectivity index (χ0n) is 22.0. The van der Waals surface area contributed by atoms with Gasteiger partial charge >= 0.3 is 5.97 Å².